The van der Waals surface area contributed by atoms with E-state index in [2.05, 4.69) is 10.3 Å². The van der Waals surface area contributed by atoms with Crippen molar-refractivity contribution in [3.8, 4) is 0 Å². The number of halogens is 4. The molecule has 0 amide bonds. The van der Waals surface area contributed by atoms with Crippen LogP contribution in [0.3, 0.4) is 0 Å². The summed E-state index contributed by atoms with van der Waals surface area (Å²) in [4.78, 5) is 3.71. The summed E-state index contributed by atoms with van der Waals surface area (Å²) in [5.41, 5.74) is 0.403. The summed E-state index contributed by atoms with van der Waals surface area (Å²) < 4.78 is 36.1. The second-order valence-electron chi connectivity index (χ2n) is 2.32. The molecule has 0 aliphatic carbocycles. The third-order valence-corrected chi connectivity index (χ3v) is 2.19. The molecule has 0 aliphatic heterocycles. The fourth-order valence-electron chi connectivity index (χ4n) is 0.703. The predicted octanol–water partition coefficient (Wildman–Crippen LogP) is 2.66. The van der Waals surface area contributed by atoms with Crippen LogP contribution in [0.25, 0.3) is 0 Å². The van der Waals surface area contributed by atoms with Gasteiger partial charge in [-0.15, -0.1) is 0 Å². The molecule has 1 aromatic rings. The first-order valence-electron chi connectivity index (χ1n) is 3.39. The second-order valence-corrected chi connectivity index (χ2v) is 3.49. The fourth-order valence-corrected chi connectivity index (χ4v) is 1.19. The number of nitrogens with zero attached hydrogens (tertiary/aromatic N) is 1. The molecule has 1 N–H and O–H groups in total. The molecule has 6 heteroatoms. The van der Waals surface area contributed by atoms with E-state index in [-0.39, 0.29) is 0 Å². The Morgan fingerprint density at radius 1 is 1.46 bits per heavy atom. The Labute approximate surface area is 86.7 Å². The SMILES string of the molecule is FC(F)(F)CNc1cnccc1I. The summed E-state index contributed by atoms with van der Waals surface area (Å²) in [6.07, 6.45) is -1.30. The molecule has 0 unspecified atom stereocenters. The van der Waals surface area contributed by atoms with Gasteiger partial charge in [-0.3, -0.25) is 4.98 Å². The Hall–Kier alpha value is -0.530. The van der Waals surface area contributed by atoms with Gasteiger partial charge in [-0.2, -0.15) is 13.2 Å². The first-order chi connectivity index (χ1) is 5.99. The number of anilines is 1. The van der Waals surface area contributed by atoms with Crippen molar-refractivity contribution in [2.45, 2.75) is 6.18 Å². The van der Waals surface area contributed by atoms with Gasteiger partial charge >= 0.3 is 6.18 Å². The van der Waals surface area contributed by atoms with E-state index >= 15 is 0 Å². The molecule has 0 spiro atoms. The van der Waals surface area contributed by atoms with Crippen molar-refractivity contribution >= 4 is 28.3 Å². The number of hydrogen-bond donors (Lipinski definition) is 1. The molecule has 0 aromatic carbocycles. The molecule has 1 heterocycles. The van der Waals surface area contributed by atoms with Crippen LogP contribution < -0.4 is 5.32 Å². The molecular weight excluding hydrogens is 296 g/mol. The molecule has 72 valence electrons. The quantitative estimate of drug-likeness (QED) is 0.850. The first-order valence-corrected chi connectivity index (χ1v) is 4.47. The normalized spacial score (nSPS) is 11.4. The van der Waals surface area contributed by atoms with Gasteiger partial charge in [0.15, 0.2) is 0 Å². The van der Waals surface area contributed by atoms with Crippen molar-refractivity contribution in [3.63, 3.8) is 0 Å². The Kier molecular flexibility index (Phi) is 3.34. The highest BCUT2D eigenvalue weighted by atomic mass is 127. The van der Waals surface area contributed by atoms with Gasteiger partial charge in [-0.25, -0.2) is 0 Å². The van der Waals surface area contributed by atoms with Crippen LogP contribution in [0, 0.1) is 3.57 Å². The average Bonchev–Trinajstić information content (AvgIpc) is 2.01. The van der Waals surface area contributed by atoms with Crippen LogP contribution in [-0.2, 0) is 0 Å². The summed E-state index contributed by atoms with van der Waals surface area (Å²) in [5, 5.41) is 2.26. The van der Waals surface area contributed by atoms with Crippen LogP contribution in [-0.4, -0.2) is 17.7 Å². The molecule has 0 saturated carbocycles. The van der Waals surface area contributed by atoms with E-state index in [9.17, 15) is 13.2 Å². The van der Waals surface area contributed by atoms with Crippen molar-refractivity contribution in [2.75, 3.05) is 11.9 Å². The topological polar surface area (TPSA) is 24.9 Å². The molecule has 13 heavy (non-hydrogen) atoms. The van der Waals surface area contributed by atoms with Crippen molar-refractivity contribution in [3.05, 3.63) is 22.0 Å². The van der Waals surface area contributed by atoms with E-state index in [1.54, 1.807) is 6.07 Å². The van der Waals surface area contributed by atoms with Crippen molar-refractivity contribution < 1.29 is 13.2 Å². The lowest BCUT2D eigenvalue weighted by Gasteiger charge is -2.09. The summed E-state index contributed by atoms with van der Waals surface area (Å²) in [7, 11) is 0. The predicted molar refractivity (Wildman–Crippen MR) is 51.5 cm³/mol. The molecule has 0 aliphatic rings. The van der Waals surface area contributed by atoms with Crippen LogP contribution in [0.5, 0.6) is 0 Å². The van der Waals surface area contributed by atoms with Gasteiger partial charge in [-0.1, -0.05) is 0 Å². The molecule has 1 rings (SSSR count). The highest BCUT2D eigenvalue weighted by Crippen LogP contribution is 2.19. The molecule has 0 bridgehead atoms. The van der Waals surface area contributed by atoms with Crippen molar-refractivity contribution in [1.29, 1.82) is 0 Å². The van der Waals surface area contributed by atoms with E-state index in [1.165, 1.54) is 12.4 Å². The minimum atomic E-state index is -4.20. The maximum absolute atomic E-state index is 11.8. The minimum absolute atomic E-state index is 0.403. The Bertz CT molecular complexity index is 287. The van der Waals surface area contributed by atoms with Gasteiger partial charge in [0.1, 0.15) is 6.54 Å². The van der Waals surface area contributed by atoms with Crippen molar-refractivity contribution in [1.82, 2.24) is 4.98 Å². The fraction of sp³-hybridized carbons (Fsp3) is 0.286. The summed E-state index contributed by atoms with van der Waals surface area (Å²) in [5.74, 6) is 0. The molecule has 2 nitrogen and oxygen atoms in total. The highest BCUT2D eigenvalue weighted by molar-refractivity contribution is 14.1. The number of aromatic nitrogens is 1. The molecule has 0 radical (unpaired) electrons. The second kappa shape index (κ2) is 4.12. The van der Waals surface area contributed by atoms with Crippen LogP contribution in [0.1, 0.15) is 0 Å². The molecule has 0 fully saturated rings. The summed E-state index contributed by atoms with van der Waals surface area (Å²) in [6, 6.07) is 1.64. The van der Waals surface area contributed by atoms with Crippen LogP contribution in [0.15, 0.2) is 18.5 Å². The Balaban J connectivity index is 2.60. The smallest absolute Gasteiger partial charge is 0.374 e. The van der Waals surface area contributed by atoms with E-state index in [1.807, 2.05) is 22.6 Å². The summed E-state index contributed by atoms with van der Waals surface area (Å²) >= 11 is 1.94. The highest BCUT2D eigenvalue weighted by Gasteiger charge is 2.26. The first kappa shape index (κ1) is 10.6. The molecule has 0 atom stereocenters. The third kappa shape index (κ3) is 3.79. The molecule has 1 aromatic heterocycles. The maximum Gasteiger partial charge on any atom is 0.405 e. The van der Waals surface area contributed by atoms with E-state index in [0.29, 0.717) is 5.69 Å². The number of nitrogens with one attached hydrogen (secondary N) is 1. The van der Waals surface area contributed by atoms with Crippen LogP contribution >= 0.6 is 22.6 Å². The zero-order valence-electron chi connectivity index (χ0n) is 6.40. The van der Waals surface area contributed by atoms with Gasteiger partial charge < -0.3 is 5.32 Å². The van der Waals surface area contributed by atoms with Gasteiger partial charge in [0.25, 0.3) is 0 Å². The lowest BCUT2D eigenvalue weighted by atomic mass is 10.4. The van der Waals surface area contributed by atoms with Crippen molar-refractivity contribution in [2.24, 2.45) is 0 Å². The molecular formula is C7H6F3IN2. The lowest BCUT2D eigenvalue weighted by molar-refractivity contribution is -0.115. The number of rotatable bonds is 2. The van der Waals surface area contributed by atoms with E-state index in [4.69, 9.17) is 0 Å². The Morgan fingerprint density at radius 2 is 2.15 bits per heavy atom. The van der Waals surface area contributed by atoms with E-state index < -0.39 is 12.7 Å². The Morgan fingerprint density at radius 3 is 2.69 bits per heavy atom. The van der Waals surface area contributed by atoms with Gasteiger partial charge in [0, 0.05) is 9.77 Å². The summed E-state index contributed by atoms with van der Waals surface area (Å²) in [6.45, 7) is -1.03. The molecule has 0 saturated heterocycles. The van der Waals surface area contributed by atoms with E-state index in [0.717, 1.165) is 3.57 Å². The maximum atomic E-state index is 11.8. The average molecular weight is 302 g/mol. The number of hydrogen-bond acceptors (Lipinski definition) is 2. The van der Waals surface area contributed by atoms with Gasteiger partial charge in [0.05, 0.1) is 11.9 Å². The monoisotopic (exact) mass is 302 g/mol. The zero-order valence-corrected chi connectivity index (χ0v) is 8.56. The number of pyridine rings is 1. The standard InChI is InChI=1S/C7H6F3IN2/c8-7(9,10)4-13-6-3-12-2-1-5(6)11/h1-3,13H,4H2. The zero-order chi connectivity index (χ0) is 9.90. The largest absolute Gasteiger partial charge is 0.405 e. The van der Waals surface area contributed by atoms with Gasteiger partial charge in [-0.05, 0) is 28.7 Å². The van der Waals surface area contributed by atoms with Gasteiger partial charge in [0.2, 0.25) is 0 Å². The van der Waals surface area contributed by atoms with Crippen LogP contribution in [0.4, 0.5) is 18.9 Å². The minimum Gasteiger partial charge on any atom is -0.374 e. The lowest BCUT2D eigenvalue weighted by Crippen LogP contribution is -2.21. The number of alkyl halides is 3. The third-order valence-electron chi connectivity index (χ3n) is 1.25. The van der Waals surface area contributed by atoms with Crippen LogP contribution in [0.2, 0.25) is 0 Å².